The second-order valence-electron chi connectivity index (χ2n) is 2.36. The lowest BCUT2D eigenvalue weighted by molar-refractivity contribution is -0.127. The molecule has 0 aromatic heterocycles. The number of nitrogens with one attached hydrogen (secondary N) is 1. The molecule has 0 rings (SSSR count). The number of hydrogen-bond acceptors (Lipinski definition) is 2. The van der Waals surface area contributed by atoms with Crippen molar-refractivity contribution >= 4 is 5.78 Å². The predicted molar refractivity (Wildman–Crippen MR) is 42.0 cm³/mol. The molecule has 0 aliphatic heterocycles. The minimum Gasteiger partial charge on any atom is -0.302 e. The topological polar surface area (TPSA) is 29.1 Å². The number of rotatable bonds is 4. The fourth-order valence-electron chi connectivity index (χ4n) is 0.593. The van der Waals surface area contributed by atoms with E-state index in [9.17, 15) is 18.0 Å². The normalized spacial score (nSPS) is 10.5. The highest BCUT2D eigenvalue weighted by molar-refractivity contribution is 5.82. The lowest BCUT2D eigenvalue weighted by Gasteiger charge is -2.05. The van der Waals surface area contributed by atoms with E-state index in [0.29, 0.717) is 0 Å². The van der Waals surface area contributed by atoms with E-state index in [1.54, 1.807) is 6.92 Å². The van der Waals surface area contributed by atoms with Gasteiger partial charge in [-0.2, -0.15) is 13.2 Å². The maximum Gasteiger partial charge on any atom is 0.401 e. The van der Waals surface area contributed by atoms with E-state index in [-0.39, 0.29) is 18.7 Å². The lowest BCUT2D eigenvalue weighted by Crippen LogP contribution is -2.32. The van der Waals surface area contributed by atoms with Gasteiger partial charge in [-0.1, -0.05) is 5.92 Å². The van der Waals surface area contributed by atoms with E-state index in [1.807, 2.05) is 5.32 Å². The van der Waals surface area contributed by atoms with Crippen molar-refractivity contribution in [2.75, 3.05) is 13.1 Å². The molecule has 0 unspecified atom stereocenters. The number of Topliss-reactive ketones (excluding diaryl/α,β-unsaturated/α-hetero) is 1. The van der Waals surface area contributed by atoms with Crippen LogP contribution in [0, 0.1) is 11.8 Å². The molecule has 0 fully saturated rings. The minimum atomic E-state index is -4.27. The standard InChI is InChI=1S/C8H10F3NO/c1-2-3-4-7(13)5-12-6-8(9,10)11/h12H,4-6H2,1H3. The molecule has 0 amide bonds. The first-order chi connectivity index (χ1) is 5.95. The number of carbonyl (C=O) groups excluding carboxylic acids is 1. The number of ketones is 1. The summed E-state index contributed by atoms with van der Waals surface area (Å²) in [5.74, 6) is 4.62. The second-order valence-corrected chi connectivity index (χ2v) is 2.36. The van der Waals surface area contributed by atoms with E-state index < -0.39 is 12.7 Å². The molecule has 0 aromatic rings. The Balaban J connectivity index is 3.52. The number of hydrogen-bond donors (Lipinski definition) is 1. The van der Waals surface area contributed by atoms with Gasteiger partial charge in [-0.05, 0) is 6.92 Å². The molecule has 13 heavy (non-hydrogen) atoms. The van der Waals surface area contributed by atoms with Crippen molar-refractivity contribution in [3.05, 3.63) is 0 Å². The molecule has 0 aliphatic carbocycles. The van der Waals surface area contributed by atoms with Crippen molar-refractivity contribution < 1.29 is 18.0 Å². The van der Waals surface area contributed by atoms with Gasteiger partial charge in [0.15, 0.2) is 5.78 Å². The highest BCUT2D eigenvalue weighted by atomic mass is 19.4. The SMILES string of the molecule is CC#CCC(=O)CNCC(F)(F)F. The average Bonchev–Trinajstić information content (AvgIpc) is 1.98. The molecule has 0 heterocycles. The van der Waals surface area contributed by atoms with Crippen molar-refractivity contribution in [1.29, 1.82) is 0 Å². The maximum atomic E-state index is 11.6. The van der Waals surface area contributed by atoms with Crippen molar-refractivity contribution in [1.82, 2.24) is 5.32 Å². The molecule has 0 spiro atoms. The summed E-state index contributed by atoms with van der Waals surface area (Å²) in [6.07, 6.45) is -4.27. The molecule has 2 nitrogen and oxygen atoms in total. The van der Waals surface area contributed by atoms with Crippen LogP contribution in [0.25, 0.3) is 0 Å². The van der Waals surface area contributed by atoms with Gasteiger partial charge in [0, 0.05) is 0 Å². The molecule has 0 saturated heterocycles. The Morgan fingerprint density at radius 1 is 1.46 bits per heavy atom. The molecule has 0 aliphatic rings. The Kier molecular flexibility index (Phi) is 5.16. The molecular formula is C8H10F3NO. The van der Waals surface area contributed by atoms with Crippen LogP contribution in [0.15, 0.2) is 0 Å². The van der Waals surface area contributed by atoms with Crippen LogP contribution >= 0.6 is 0 Å². The molecular weight excluding hydrogens is 183 g/mol. The van der Waals surface area contributed by atoms with Crippen LogP contribution in [0.3, 0.4) is 0 Å². The summed E-state index contributed by atoms with van der Waals surface area (Å²) < 4.78 is 34.7. The van der Waals surface area contributed by atoms with Gasteiger partial charge >= 0.3 is 6.18 Å². The van der Waals surface area contributed by atoms with E-state index in [2.05, 4.69) is 11.8 Å². The van der Waals surface area contributed by atoms with Crippen LogP contribution in [-0.2, 0) is 4.79 Å². The van der Waals surface area contributed by atoms with Crippen molar-refractivity contribution in [2.45, 2.75) is 19.5 Å². The highest BCUT2D eigenvalue weighted by Crippen LogP contribution is 2.11. The monoisotopic (exact) mass is 193 g/mol. The fraction of sp³-hybridized carbons (Fsp3) is 0.625. The third-order valence-corrected chi connectivity index (χ3v) is 1.11. The van der Waals surface area contributed by atoms with Crippen LogP contribution in [0.2, 0.25) is 0 Å². The zero-order valence-corrected chi connectivity index (χ0v) is 7.16. The predicted octanol–water partition coefficient (Wildman–Crippen LogP) is 1.12. The van der Waals surface area contributed by atoms with Crippen LogP contribution in [0.1, 0.15) is 13.3 Å². The van der Waals surface area contributed by atoms with Crippen LogP contribution in [0.4, 0.5) is 13.2 Å². The summed E-state index contributed by atoms with van der Waals surface area (Å²) in [5.41, 5.74) is 0. The van der Waals surface area contributed by atoms with Crippen molar-refractivity contribution in [3.63, 3.8) is 0 Å². The number of halogens is 3. The van der Waals surface area contributed by atoms with Gasteiger partial charge in [-0.25, -0.2) is 0 Å². The van der Waals surface area contributed by atoms with E-state index >= 15 is 0 Å². The first-order valence-electron chi connectivity index (χ1n) is 3.64. The maximum absolute atomic E-state index is 11.6. The molecule has 1 N–H and O–H groups in total. The van der Waals surface area contributed by atoms with Crippen LogP contribution in [0.5, 0.6) is 0 Å². The molecule has 74 valence electrons. The Labute approximate surface area is 74.5 Å². The summed E-state index contributed by atoms with van der Waals surface area (Å²) in [6, 6.07) is 0. The Hall–Kier alpha value is -1.02. The third-order valence-electron chi connectivity index (χ3n) is 1.11. The number of alkyl halides is 3. The zero-order valence-electron chi connectivity index (χ0n) is 7.16. The Morgan fingerprint density at radius 3 is 2.54 bits per heavy atom. The highest BCUT2D eigenvalue weighted by Gasteiger charge is 2.26. The van der Waals surface area contributed by atoms with Crippen molar-refractivity contribution in [2.24, 2.45) is 0 Å². The minimum absolute atomic E-state index is 0.00135. The first-order valence-corrected chi connectivity index (χ1v) is 3.64. The summed E-state index contributed by atoms with van der Waals surface area (Å²) in [4.78, 5) is 10.8. The lowest BCUT2D eigenvalue weighted by atomic mass is 10.3. The van der Waals surface area contributed by atoms with E-state index in [1.165, 1.54) is 0 Å². The molecule has 5 heteroatoms. The first kappa shape index (κ1) is 12.0. The fourth-order valence-corrected chi connectivity index (χ4v) is 0.593. The van der Waals surface area contributed by atoms with Gasteiger partial charge in [0.05, 0.1) is 19.5 Å². The van der Waals surface area contributed by atoms with Gasteiger partial charge in [0.1, 0.15) is 0 Å². The summed E-state index contributed by atoms with van der Waals surface area (Å²) in [6.45, 7) is 0.142. The van der Waals surface area contributed by atoms with Gasteiger partial charge in [0.2, 0.25) is 0 Å². The molecule has 0 aromatic carbocycles. The summed E-state index contributed by atoms with van der Waals surface area (Å²) in [7, 11) is 0. The average molecular weight is 193 g/mol. The Bertz CT molecular complexity index is 224. The summed E-state index contributed by atoms with van der Waals surface area (Å²) in [5, 5.41) is 1.99. The second kappa shape index (κ2) is 5.60. The molecule has 0 radical (unpaired) electrons. The van der Waals surface area contributed by atoms with Gasteiger partial charge < -0.3 is 5.32 Å². The summed E-state index contributed by atoms with van der Waals surface area (Å²) >= 11 is 0. The van der Waals surface area contributed by atoms with E-state index in [0.717, 1.165) is 0 Å². The molecule has 0 saturated carbocycles. The van der Waals surface area contributed by atoms with E-state index in [4.69, 9.17) is 0 Å². The smallest absolute Gasteiger partial charge is 0.302 e. The van der Waals surface area contributed by atoms with Crippen LogP contribution in [-0.4, -0.2) is 25.0 Å². The quantitative estimate of drug-likeness (QED) is 0.678. The zero-order chi connectivity index (χ0) is 10.3. The third kappa shape index (κ3) is 8.89. The number of carbonyl (C=O) groups is 1. The van der Waals surface area contributed by atoms with Gasteiger partial charge in [-0.3, -0.25) is 4.79 Å². The molecule has 0 atom stereocenters. The van der Waals surface area contributed by atoms with Gasteiger partial charge in [-0.15, -0.1) is 5.92 Å². The molecule has 0 bridgehead atoms. The van der Waals surface area contributed by atoms with Crippen LogP contribution < -0.4 is 5.32 Å². The van der Waals surface area contributed by atoms with Crippen molar-refractivity contribution in [3.8, 4) is 11.8 Å². The Morgan fingerprint density at radius 2 is 2.08 bits per heavy atom. The largest absolute Gasteiger partial charge is 0.401 e. The van der Waals surface area contributed by atoms with Gasteiger partial charge in [0.25, 0.3) is 0 Å².